The van der Waals surface area contributed by atoms with Crippen molar-refractivity contribution < 1.29 is 13.2 Å². The Hall–Kier alpha value is -2.43. The number of carbonyl (C=O) groups excluding carboxylic acids is 1. The van der Waals surface area contributed by atoms with Crippen molar-refractivity contribution in [1.82, 2.24) is 10.2 Å². The van der Waals surface area contributed by atoms with Crippen LogP contribution in [0.2, 0.25) is 0 Å². The number of amides is 1. The number of sulfonamides is 1. The summed E-state index contributed by atoms with van der Waals surface area (Å²) in [6.07, 6.45) is 1.42. The molecule has 1 amide bonds. The van der Waals surface area contributed by atoms with Crippen LogP contribution in [-0.2, 0) is 20.6 Å². The minimum atomic E-state index is -3.69. The largest absolute Gasteiger partial charge is 0.299 e. The van der Waals surface area contributed by atoms with Crippen molar-refractivity contribution in [2.24, 2.45) is 0 Å². The Kier molecular flexibility index (Phi) is 7.91. The lowest BCUT2D eigenvalue weighted by Crippen LogP contribution is -2.47. The molecule has 1 N–H and O–H groups in total. The van der Waals surface area contributed by atoms with Crippen LogP contribution in [0.15, 0.2) is 52.9 Å². The highest BCUT2D eigenvalue weighted by Crippen LogP contribution is 2.29. The lowest BCUT2D eigenvalue weighted by molar-refractivity contribution is -0.117. The molecule has 0 aliphatic carbocycles. The van der Waals surface area contributed by atoms with E-state index >= 15 is 0 Å². The van der Waals surface area contributed by atoms with Gasteiger partial charge < -0.3 is 0 Å². The van der Waals surface area contributed by atoms with Crippen LogP contribution in [0.1, 0.15) is 30.0 Å². The standard InChI is InChI=1S/C22H26N4O3S3/c1-5-19(26(32(4,28)29)18-12-11-15(2)16(3)13-18)20(27)23-21-24-25-22(31-21)30-14-17-9-7-6-8-10-17/h6-13,19H,5,14H2,1-4H3,(H,23,24,27). The average Bonchev–Trinajstić information content (AvgIpc) is 3.19. The highest BCUT2D eigenvalue weighted by molar-refractivity contribution is 8.00. The van der Waals surface area contributed by atoms with Crippen LogP contribution in [0, 0.1) is 13.8 Å². The third kappa shape index (κ3) is 6.08. The zero-order chi connectivity index (χ0) is 23.3. The van der Waals surface area contributed by atoms with Crippen LogP contribution in [0.5, 0.6) is 0 Å². The molecule has 170 valence electrons. The van der Waals surface area contributed by atoms with Crippen molar-refractivity contribution >= 4 is 49.8 Å². The first-order chi connectivity index (χ1) is 15.2. The fourth-order valence-corrected chi connectivity index (χ4v) is 6.06. The van der Waals surface area contributed by atoms with E-state index in [9.17, 15) is 13.2 Å². The summed E-state index contributed by atoms with van der Waals surface area (Å²) in [6, 6.07) is 14.5. The van der Waals surface area contributed by atoms with Gasteiger partial charge in [0.1, 0.15) is 6.04 Å². The number of nitrogens with zero attached hydrogens (tertiary/aromatic N) is 3. The van der Waals surface area contributed by atoms with E-state index in [1.54, 1.807) is 19.1 Å². The summed E-state index contributed by atoms with van der Waals surface area (Å²) in [5, 5.41) is 11.3. The van der Waals surface area contributed by atoms with Gasteiger partial charge in [-0.25, -0.2) is 8.42 Å². The summed E-state index contributed by atoms with van der Waals surface area (Å²) < 4.78 is 27.2. The SMILES string of the molecule is CCC(C(=O)Nc1nnc(SCc2ccccc2)s1)N(c1ccc(C)c(C)c1)S(C)(=O)=O. The van der Waals surface area contributed by atoms with Gasteiger partial charge >= 0.3 is 0 Å². The van der Waals surface area contributed by atoms with Crippen molar-refractivity contribution in [3.05, 3.63) is 65.2 Å². The van der Waals surface area contributed by atoms with E-state index in [4.69, 9.17) is 0 Å². The topological polar surface area (TPSA) is 92.3 Å². The summed E-state index contributed by atoms with van der Waals surface area (Å²) in [4.78, 5) is 13.1. The number of aryl methyl sites for hydroxylation is 2. The highest BCUT2D eigenvalue weighted by atomic mass is 32.2. The van der Waals surface area contributed by atoms with Gasteiger partial charge in [-0.1, -0.05) is 66.4 Å². The number of thioether (sulfide) groups is 1. The molecule has 10 heteroatoms. The number of rotatable bonds is 9. The van der Waals surface area contributed by atoms with Crippen LogP contribution in [0.3, 0.4) is 0 Å². The molecule has 0 radical (unpaired) electrons. The highest BCUT2D eigenvalue weighted by Gasteiger charge is 2.32. The molecule has 1 unspecified atom stereocenters. The minimum absolute atomic E-state index is 0.306. The molecule has 3 aromatic rings. The van der Waals surface area contributed by atoms with Gasteiger partial charge in [0.2, 0.25) is 21.1 Å². The molecule has 0 aliphatic heterocycles. The van der Waals surface area contributed by atoms with Gasteiger partial charge in [0, 0.05) is 5.75 Å². The number of anilines is 2. The zero-order valence-electron chi connectivity index (χ0n) is 18.4. The van der Waals surface area contributed by atoms with Crippen molar-refractivity contribution in [2.45, 2.75) is 43.3 Å². The Morgan fingerprint density at radius 3 is 2.47 bits per heavy atom. The fraction of sp³-hybridized carbons (Fsp3) is 0.318. The van der Waals surface area contributed by atoms with Crippen LogP contribution >= 0.6 is 23.1 Å². The average molecular weight is 491 g/mol. The predicted octanol–water partition coefficient (Wildman–Crippen LogP) is 4.63. The van der Waals surface area contributed by atoms with E-state index < -0.39 is 22.0 Å². The summed E-state index contributed by atoms with van der Waals surface area (Å²) in [5.41, 5.74) is 3.64. The maximum Gasteiger partial charge on any atom is 0.250 e. The van der Waals surface area contributed by atoms with Gasteiger partial charge in [-0.15, -0.1) is 10.2 Å². The van der Waals surface area contributed by atoms with E-state index in [-0.39, 0.29) is 0 Å². The lowest BCUT2D eigenvalue weighted by Gasteiger charge is -2.30. The van der Waals surface area contributed by atoms with E-state index in [2.05, 4.69) is 15.5 Å². The Morgan fingerprint density at radius 2 is 1.84 bits per heavy atom. The van der Waals surface area contributed by atoms with Gasteiger partial charge in [-0.3, -0.25) is 14.4 Å². The normalized spacial score (nSPS) is 12.4. The molecule has 1 atom stereocenters. The van der Waals surface area contributed by atoms with Crippen molar-refractivity contribution in [3.8, 4) is 0 Å². The van der Waals surface area contributed by atoms with Gasteiger partial charge in [-0.2, -0.15) is 0 Å². The molecule has 0 saturated heterocycles. The summed E-state index contributed by atoms with van der Waals surface area (Å²) in [5.74, 6) is 0.308. The van der Waals surface area contributed by atoms with Crippen LogP contribution in [0.25, 0.3) is 0 Å². The molecule has 0 saturated carbocycles. The monoisotopic (exact) mass is 490 g/mol. The molecule has 32 heavy (non-hydrogen) atoms. The molecule has 0 aliphatic rings. The molecule has 1 heterocycles. The number of benzene rings is 2. The number of carbonyl (C=O) groups is 1. The van der Waals surface area contributed by atoms with Gasteiger partial charge in [0.05, 0.1) is 11.9 Å². The van der Waals surface area contributed by atoms with Gasteiger partial charge in [0.15, 0.2) is 4.34 Å². The van der Waals surface area contributed by atoms with E-state index in [1.165, 1.54) is 33.0 Å². The first kappa shape index (κ1) is 24.2. The molecule has 2 aromatic carbocycles. The second kappa shape index (κ2) is 10.5. The summed E-state index contributed by atoms with van der Waals surface area (Å²) >= 11 is 2.80. The van der Waals surface area contributed by atoms with Gasteiger partial charge in [0.25, 0.3) is 0 Å². The first-order valence-electron chi connectivity index (χ1n) is 10.1. The quantitative estimate of drug-likeness (QED) is 0.347. The second-order valence-electron chi connectivity index (χ2n) is 7.39. The maximum absolute atomic E-state index is 13.1. The molecule has 3 rings (SSSR count). The molecule has 1 aromatic heterocycles. The maximum atomic E-state index is 13.1. The number of nitrogens with one attached hydrogen (secondary N) is 1. The van der Waals surface area contributed by atoms with Crippen molar-refractivity contribution in [2.75, 3.05) is 15.9 Å². The Balaban J connectivity index is 1.75. The molecule has 0 fully saturated rings. The zero-order valence-corrected chi connectivity index (χ0v) is 20.9. The summed E-state index contributed by atoms with van der Waals surface area (Å²) in [6.45, 7) is 5.65. The Morgan fingerprint density at radius 1 is 1.12 bits per heavy atom. The fourth-order valence-electron chi connectivity index (χ4n) is 3.15. The van der Waals surface area contributed by atoms with Crippen molar-refractivity contribution in [1.29, 1.82) is 0 Å². The number of hydrogen-bond acceptors (Lipinski definition) is 7. The molecular weight excluding hydrogens is 464 g/mol. The van der Waals surface area contributed by atoms with E-state index in [0.29, 0.717) is 17.2 Å². The smallest absolute Gasteiger partial charge is 0.250 e. The van der Waals surface area contributed by atoms with Crippen molar-refractivity contribution in [3.63, 3.8) is 0 Å². The van der Waals surface area contributed by atoms with Crippen LogP contribution < -0.4 is 9.62 Å². The first-order valence-corrected chi connectivity index (χ1v) is 13.7. The van der Waals surface area contributed by atoms with Gasteiger partial charge in [-0.05, 0) is 49.1 Å². The predicted molar refractivity (Wildman–Crippen MR) is 132 cm³/mol. The molecular formula is C22H26N4O3S3. The third-order valence-corrected chi connectivity index (χ3v) is 8.14. The lowest BCUT2D eigenvalue weighted by atomic mass is 10.1. The summed E-state index contributed by atoms with van der Waals surface area (Å²) in [7, 11) is -3.69. The minimum Gasteiger partial charge on any atom is -0.299 e. The number of hydrogen-bond donors (Lipinski definition) is 1. The van der Waals surface area contributed by atoms with E-state index in [0.717, 1.165) is 27.5 Å². The number of aromatic nitrogens is 2. The van der Waals surface area contributed by atoms with Crippen LogP contribution in [-0.4, -0.2) is 36.8 Å². The van der Waals surface area contributed by atoms with Crippen LogP contribution in [0.4, 0.5) is 10.8 Å². The molecule has 0 spiro atoms. The molecule has 0 bridgehead atoms. The Labute approximate surface area is 197 Å². The Bertz CT molecular complexity index is 1180. The second-order valence-corrected chi connectivity index (χ2v) is 11.4. The third-order valence-electron chi connectivity index (χ3n) is 4.92. The van der Waals surface area contributed by atoms with E-state index in [1.807, 2.05) is 50.2 Å². The molecule has 7 nitrogen and oxygen atoms in total.